The molecule has 0 saturated heterocycles. The van der Waals surface area contributed by atoms with Crippen LogP contribution in [0.5, 0.6) is 0 Å². The molecule has 0 aromatic heterocycles. The van der Waals surface area contributed by atoms with Crippen molar-refractivity contribution in [1.82, 2.24) is 0 Å². The van der Waals surface area contributed by atoms with E-state index in [2.05, 4.69) is 0 Å². The normalized spacial score (nSPS) is 13.3. The summed E-state index contributed by atoms with van der Waals surface area (Å²) in [6.45, 7) is 1.89. The average Bonchev–Trinajstić information content (AvgIpc) is 2.60. The van der Waals surface area contributed by atoms with E-state index in [0.717, 1.165) is 35.8 Å². The molecule has 0 spiro atoms. The molecule has 0 aliphatic carbocycles. The first-order chi connectivity index (χ1) is 13.0. The molecule has 0 bridgehead atoms. The van der Waals surface area contributed by atoms with Crippen LogP contribution in [0.4, 0.5) is 22.0 Å². The Hall–Kier alpha value is -2.68. The monoisotopic (exact) mass is 416 g/mol. The van der Waals surface area contributed by atoms with Crippen molar-refractivity contribution in [2.24, 2.45) is 11.5 Å². The zero-order valence-corrected chi connectivity index (χ0v) is 15.5. The molecule has 0 heterocycles. The fourth-order valence-electron chi connectivity index (χ4n) is 2.09. The summed E-state index contributed by atoms with van der Waals surface area (Å²) in [5.74, 6) is -2.45. The zero-order chi connectivity index (χ0) is 20.9. The van der Waals surface area contributed by atoms with Crippen LogP contribution in [0.2, 0.25) is 0 Å². The third kappa shape index (κ3) is 6.49. The number of rotatable bonds is 6. The van der Waals surface area contributed by atoms with Crippen molar-refractivity contribution >= 4 is 17.7 Å². The maximum absolute atomic E-state index is 13.5. The molecule has 9 heteroatoms. The maximum Gasteiger partial charge on any atom is 0.394 e. The van der Waals surface area contributed by atoms with Crippen LogP contribution < -0.4 is 11.5 Å². The second-order valence-corrected chi connectivity index (χ2v) is 6.70. The van der Waals surface area contributed by atoms with Gasteiger partial charge in [-0.25, -0.2) is 8.78 Å². The van der Waals surface area contributed by atoms with E-state index in [4.69, 9.17) is 15.7 Å². The summed E-state index contributed by atoms with van der Waals surface area (Å²) in [4.78, 5) is 0.656. The SMILES string of the molecule is Cc1ccc(SOC(/C=C(\N)CC(F)(F)F)=C(/N)c2ccc(F)c(F)c2)cc1. The maximum atomic E-state index is 13.5. The van der Waals surface area contributed by atoms with Gasteiger partial charge in [0.25, 0.3) is 0 Å². The van der Waals surface area contributed by atoms with Crippen LogP contribution >= 0.6 is 12.0 Å². The van der Waals surface area contributed by atoms with Crippen molar-refractivity contribution in [2.45, 2.75) is 24.4 Å². The lowest BCUT2D eigenvalue weighted by Gasteiger charge is -2.12. The topological polar surface area (TPSA) is 61.3 Å². The second-order valence-electron chi connectivity index (χ2n) is 5.90. The molecule has 0 fully saturated rings. The van der Waals surface area contributed by atoms with Gasteiger partial charge in [0.2, 0.25) is 0 Å². The van der Waals surface area contributed by atoms with Gasteiger partial charge in [-0.1, -0.05) is 17.7 Å². The lowest BCUT2D eigenvalue weighted by Crippen LogP contribution is -2.14. The van der Waals surface area contributed by atoms with Gasteiger partial charge < -0.3 is 15.7 Å². The summed E-state index contributed by atoms with van der Waals surface area (Å²) in [5.41, 5.74) is 11.7. The van der Waals surface area contributed by atoms with Crippen LogP contribution in [-0.4, -0.2) is 6.18 Å². The van der Waals surface area contributed by atoms with Crippen molar-refractivity contribution in [3.8, 4) is 0 Å². The number of alkyl halides is 3. The van der Waals surface area contributed by atoms with E-state index in [0.29, 0.717) is 4.90 Å². The predicted octanol–water partition coefficient (Wildman–Crippen LogP) is 5.42. The predicted molar refractivity (Wildman–Crippen MR) is 98.5 cm³/mol. The number of allylic oxidation sites excluding steroid dienone is 2. The fraction of sp³-hybridized carbons (Fsp3) is 0.158. The summed E-state index contributed by atoms with van der Waals surface area (Å²) in [5, 5.41) is 0. The average molecular weight is 416 g/mol. The van der Waals surface area contributed by atoms with Gasteiger partial charge in [0.05, 0.1) is 24.2 Å². The third-order valence-electron chi connectivity index (χ3n) is 3.47. The number of hydrogen-bond donors (Lipinski definition) is 2. The quantitative estimate of drug-likeness (QED) is 0.286. The highest BCUT2D eigenvalue weighted by Crippen LogP contribution is 2.29. The first-order valence-corrected chi connectivity index (χ1v) is 8.68. The van der Waals surface area contributed by atoms with Gasteiger partial charge in [0.15, 0.2) is 17.4 Å². The van der Waals surface area contributed by atoms with Gasteiger partial charge in [-0.3, -0.25) is 0 Å². The van der Waals surface area contributed by atoms with E-state index in [1.807, 2.05) is 19.1 Å². The van der Waals surface area contributed by atoms with E-state index in [-0.39, 0.29) is 17.0 Å². The molecule has 28 heavy (non-hydrogen) atoms. The van der Waals surface area contributed by atoms with E-state index < -0.39 is 29.9 Å². The van der Waals surface area contributed by atoms with Crippen molar-refractivity contribution in [1.29, 1.82) is 0 Å². The van der Waals surface area contributed by atoms with Gasteiger partial charge >= 0.3 is 6.18 Å². The summed E-state index contributed by atoms with van der Waals surface area (Å²) < 4.78 is 69.8. The van der Waals surface area contributed by atoms with Crippen LogP contribution in [0.15, 0.2) is 64.9 Å². The minimum atomic E-state index is -4.52. The summed E-state index contributed by atoms with van der Waals surface area (Å²) in [6, 6.07) is 9.98. The van der Waals surface area contributed by atoms with Gasteiger partial charge in [-0.05, 0) is 37.3 Å². The van der Waals surface area contributed by atoms with Crippen LogP contribution in [0.3, 0.4) is 0 Å². The number of benzene rings is 2. The van der Waals surface area contributed by atoms with Gasteiger partial charge in [0, 0.05) is 22.2 Å². The van der Waals surface area contributed by atoms with Gasteiger partial charge in [0.1, 0.15) is 0 Å². The molecule has 2 rings (SSSR count). The van der Waals surface area contributed by atoms with Crippen LogP contribution in [0.25, 0.3) is 5.70 Å². The van der Waals surface area contributed by atoms with E-state index >= 15 is 0 Å². The molecule has 0 aliphatic heterocycles. The molecule has 0 aliphatic rings. The summed E-state index contributed by atoms with van der Waals surface area (Å²) in [6.07, 6.45) is -4.97. The Morgan fingerprint density at radius 2 is 1.68 bits per heavy atom. The first-order valence-electron chi connectivity index (χ1n) is 7.94. The second kappa shape index (κ2) is 9.01. The highest BCUT2D eigenvalue weighted by atomic mass is 32.2. The highest BCUT2D eigenvalue weighted by molar-refractivity contribution is 7.94. The van der Waals surface area contributed by atoms with Crippen LogP contribution in [-0.2, 0) is 4.18 Å². The first kappa shape index (κ1) is 21.6. The Balaban J connectivity index is 2.37. The largest absolute Gasteiger partial charge is 0.418 e. The zero-order valence-electron chi connectivity index (χ0n) is 14.7. The Labute approximate surface area is 163 Å². The Bertz CT molecular complexity index is 892. The molecule has 2 aromatic rings. The molecule has 150 valence electrons. The highest BCUT2D eigenvalue weighted by Gasteiger charge is 2.28. The minimum Gasteiger partial charge on any atom is -0.418 e. The molecule has 0 radical (unpaired) electrons. The Morgan fingerprint density at radius 3 is 2.25 bits per heavy atom. The lowest BCUT2D eigenvalue weighted by molar-refractivity contribution is -0.127. The number of aryl methyl sites for hydroxylation is 1. The fourth-order valence-corrected chi connectivity index (χ4v) is 2.66. The van der Waals surface area contributed by atoms with Crippen molar-refractivity contribution < 1.29 is 26.1 Å². The standard InChI is InChI=1S/C19H17F5N2OS/c1-11-2-5-14(6-3-11)28-27-17(9-13(25)10-19(22,23)24)18(26)12-4-7-15(20)16(21)8-12/h2-9H,10,25-26H2,1H3/b13-9-,18-17+. The van der Waals surface area contributed by atoms with Crippen LogP contribution in [0.1, 0.15) is 17.5 Å². The molecule has 0 unspecified atom stereocenters. The Kier molecular flexibility index (Phi) is 6.95. The number of nitrogens with two attached hydrogens (primary N) is 2. The summed E-state index contributed by atoms with van der Waals surface area (Å²) >= 11 is 0.840. The number of halogens is 5. The molecule has 0 saturated carbocycles. The van der Waals surface area contributed by atoms with E-state index in [1.54, 1.807) is 12.1 Å². The minimum absolute atomic E-state index is 0.0365. The Morgan fingerprint density at radius 1 is 1.04 bits per heavy atom. The van der Waals surface area contributed by atoms with E-state index in [9.17, 15) is 22.0 Å². The molecule has 4 N–H and O–H groups in total. The number of hydrogen-bond acceptors (Lipinski definition) is 4. The van der Waals surface area contributed by atoms with E-state index in [1.165, 1.54) is 6.07 Å². The summed E-state index contributed by atoms with van der Waals surface area (Å²) in [7, 11) is 0. The molecule has 0 amide bonds. The molecule has 2 aromatic carbocycles. The van der Waals surface area contributed by atoms with Crippen LogP contribution in [0, 0.1) is 18.6 Å². The molecular weight excluding hydrogens is 399 g/mol. The lowest BCUT2D eigenvalue weighted by atomic mass is 10.1. The third-order valence-corrected chi connectivity index (χ3v) is 4.19. The van der Waals surface area contributed by atoms with Crippen molar-refractivity contribution in [3.63, 3.8) is 0 Å². The van der Waals surface area contributed by atoms with Gasteiger partial charge in [-0.15, -0.1) is 0 Å². The van der Waals surface area contributed by atoms with Crippen molar-refractivity contribution in [3.05, 3.63) is 82.8 Å². The van der Waals surface area contributed by atoms with Crippen molar-refractivity contribution in [2.75, 3.05) is 0 Å². The van der Waals surface area contributed by atoms with Gasteiger partial charge in [-0.2, -0.15) is 13.2 Å². The molecular formula is C19H17F5N2OS. The molecule has 3 nitrogen and oxygen atoms in total. The molecule has 0 atom stereocenters. The smallest absolute Gasteiger partial charge is 0.394 e.